The van der Waals surface area contributed by atoms with Gasteiger partial charge in [0, 0.05) is 12.8 Å². The summed E-state index contributed by atoms with van der Waals surface area (Å²) >= 11 is 0. The average molecular weight is 821 g/mol. The predicted octanol–water partition coefficient (Wildman–Crippen LogP) is 7.67. The minimum Gasteiger partial charge on any atom is -0.462 e. The fraction of sp³-hybridized carbons (Fsp3) is 0.857. The van der Waals surface area contributed by atoms with Gasteiger partial charge in [-0.25, -0.2) is 4.57 Å². The summed E-state index contributed by atoms with van der Waals surface area (Å²) in [5, 5.41) is 50.0. The second-order valence-electron chi connectivity index (χ2n) is 15.2. The third-order valence-electron chi connectivity index (χ3n) is 10.0. The molecule has 0 spiro atoms. The van der Waals surface area contributed by atoms with Crippen LogP contribution < -0.4 is 0 Å². The molecule has 1 aliphatic rings. The summed E-state index contributed by atoms with van der Waals surface area (Å²) < 4.78 is 33.4. The highest BCUT2D eigenvalue weighted by Crippen LogP contribution is 2.47. The Labute approximate surface area is 336 Å². The van der Waals surface area contributed by atoms with Gasteiger partial charge in [-0.1, -0.05) is 128 Å². The van der Waals surface area contributed by atoms with Crippen LogP contribution in [0.25, 0.3) is 0 Å². The van der Waals surface area contributed by atoms with E-state index in [1.54, 1.807) is 0 Å². The Morgan fingerprint density at radius 1 is 0.536 bits per heavy atom. The normalized spacial score (nSPS) is 23.1. The van der Waals surface area contributed by atoms with Crippen LogP contribution in [-0.2, 0) is 32.7 Å². The second-order valence-corrected chi connectivity index (χ2v) is 16.6. The monoisotopic (exact) mass is 821 g/mol. The zero-order valence-electron chi connectivity index (χ0n) is 34.4. The van der Waals surface area contributed by atoms with Gasteiger partial charge < -0.3 is 39.9 Å². The fourth-order valence-corrected chi connectivity index (χ4v) is 7.41. The van der Waals surface area contributed by atoms with Gasteiger partial charge in [0.25, 0.3) is 0 Å². The first-order valence-corrected chi connectivity index (χ1v) is 23.1. The summed E-state index contributed by atoms with van der Waals surface area (Å²) in [4.78, 5) is 35.5. The Hall–Kier alpha value is -1.67. The number of phosphoric acid groups is 1. The van der Waals surface area contributed by atoms with Crippen molar-refractivity contribution < 1.29 is 63.1 Å². The molecule has 6 unspecified atom stereocenters. The highest BCUT2D eigenvalue weighted by atomic mass is 31.2. The molecular formula is C42H77O13P. The molecule has 6 N–H and O–H groups in total. The quantitative estimate of drug-likeness (QED) is 0.0157. The average Bonchev–Trinajstić information content (AvgIpc) is 3.18. The lowest BCUT2D eigenvalue weighted by molar-refractivity contribution is -0.220. The molecule has 6 atom stereocenters. The van der Waals surface area contributed by atoms with Crippen LogP contribution in [0.15, 0.2) is 24.3 Å². The molecule has 1 rings (SSSR count). The molecule has 0 amide bonds. The van der Waals surface area contributed by atoms with Crippen molar-refractivity contribution in [2.45, 2.75) is 217 Å². The topological polar surface area (TPSA) is 210 Å². The smallest absolute Gasteiger partial charge is 0.462 e. The first kappa shape index (κ1) is 52.3. The number of allylic oxidation sites excluding steroid dienone is 4. The van der Waals surface area contributed by atoms with Gasteiger partial charge in [0.05, 0.1) is 6.61 Å². The first-order valence-electron chi connectivity index (χ1n) is 21.6. The summed E-state index contributed by atoms with van der Waals surface area (Å²) in [5.74, 6) is -1.12. The number of carbonyl (C=O) groups excluding carboxylic acids is 2. The van der Waals surface area contributed by atoms with Crippen molar-refractivity contribution in [3.05, 3.63) is 24.3 Å². The van der Waals surface area contributed by atoms with Gasteiger partial charge in [-0.15, -0.1) is 0 Å². The number of aliphatic hydroxyl groups excluding tert-OH is 5. The summed E-state index contributed by atoms with van der Waals surface area (Å²) in [6.45, 7) is 3.23. The van der Waals surface area contributed by atoms with Crippen LogP contribution in [0.4, 0.5) is 0 Å². The van der Waals surface area contributed by atoms with Gasteiger partial charge in [0.1, 0.15) is 43.2 Å². The SMILES string of the molecule is CCCC/C=C\CCCCCCCC(=O)OCC(COP(=O)(O)OC1C(O)C(O)C(O)C(O)C1O)OC(=O)CCCCCCC/C=C\CCCCCCCCC. The highest BCUT2D eigenvalue weighted by molar-refractivity contribution is 7.47. The van der Waals surface area contributed by atoms with E-state index >= 15 is 0 Å². The molecule has 0 aromatic rings. The van der Waals surface area contributed by atoms with E-state index in [1.807, 2.05) is 0 Å². The van der Waals surface area contributed by atoms with Crippen molar-refractivity contribution in [3.63, 3.8) is 0 Å². The largest absolute Gasteiger partial charge is 0.472 e. The lowest BCUT2D eigenvalue weighted by atomic mass is 9.85. The summed E-state index contributed by atoms with van der Waals surface area (Å²) in [7, 11) is -5.11. The van der Waals surface area contributed by atoms with Crippen LogP contribution in [0.2, 0.25) is 0 Å². The maximum absolute atomic E-state index is 12.8. The van der Waals surface area contributed by atoms with Crippen LogP contribution >= 0.6 is 7.82 Å². The van der Waals surface area contributed by atoms with Gasteiger partial charge in [-0.3, -0.25) is 18.6 Å². The fourth-order valence-electron chi connectivity index (χ4n) is 6.44. The number of carbonyl (C=O) groups is 2. The maximum Gasteiger partial charge on any atom is 0.472 e. The van der Waals surface area contributed by atoms with Gasteiger partial charge in [-0.2, -0.15) is 0 Å². The Bertz CT molecular complexity index is 1090. The zero-order chi connectivity index (χ0) is 41.4. The summed E-state index contributed by atoms with van der Waals surface area (Å²) in [6, 6.07) is 0. The molecule has 0 radical (unpaired) electrons. The first-order chi connectivity index (χ1) is 26.9. The van der Waals surface area contributed by atoms with Gasteiger partial charge in [-0.05, 0) is 57.8 Å². The van der Waals surface area contributed by atoms with Crippen LogP contribution in [0.1, 0.15) is 174 Å². The van der Waals surface area contributed by atoms with Crippen LogP contribution in [0, 0.1) is 0 Å². The number of esters is 2. The molecule has 0 aromatic heterocycles. The number of hydrogen-bond donors (Lipinski definition) is 6. The van der Waals surface area contributed by atoms with Crippen molar-refractivity contribution in [2.75, 3.05) is 13.2 Å². The van der Waals surface area contributed by atoms with Crippen LogP contribution in [0.3, 0.4) is 0 Å². The van der Waals surface area contributed by atoms with E-state index in [2.05, 4.69) is 38.2 Å². The van der Waals surface area contributed by atoms with Gasteiger partial charge >= 0.3 is 19.8 Å². The molecule has 1 fully saturated rings. The molecule has 13 nitrogen and oxygen atoms in total. The van der Waals surface area contributed by atoms with Crippen molar-refractivity contribution in [2.24, 2.45) is 0 Å². The van der Waals surface area contributed by atoms with Crippen LogP contribution in [-0.4, -0.2) is 98.3 Å². The molecule has 0 heterocycles. The zero-order valence-corrected chi connectivity index (χ0v) is 35.3. The highest BCUT2D eigenvalue weighted by Gasteiger charge is 2.51. The number of ether oxygens (including phenoxy) is 2. The molecule has 56 heavy (non-hydrogen) atoms. The van der Waals surface area contributed by atoms with Gasteiger partial charge in [0.15, 0.2) is 6.10 Å². The Kier molecular flexibility index (Phi) is 31.0. The van der Waals surface area contributed by atoms with Crippen molar-refractivity contribution in [3.8, 4) is 0 Å². The van der Waals surface area contributed by atoms with Crippen molar-refractivity contribution >= 4 is 19.8 Å². The standard InChI is InChI=1S/C42H77O13P/c1-3-5-7-9-11-13-15-16-17-18-19-21-23-25-27-29-31-36(44)54-34(32-52-35(43)30-28-26-24-22-20-14-12-10-8-6-4-2)33-53-56(50,51)55-42-40(48)38(46)37(45)39(47)41(42)49/h10,12,17-18,34,37-42,45-49H,3-9,11,13-16,19-33H2,1-2H3,(H,50,51)/b12-10-,18-17-. The molecule has 0 saturated heterocycles. The molecule has 0 aromatic carbocycles. The number of phosphoric ester groups is 1. The Balaban J connectivity index is 2.50. The number of hydrogen-bond acceptors (Lipinski definition) is 12. The van der Waals surface area contributed by atoms with Gasteiger partial charge in [0.2, 0.25) is 0 Å². The summed E-state index contributed by atoms with van der Waals surface area (Å²) in [5.41, 5.74) is 0. The van der Waals surface area contributed by atoms with Crippen LogP contribution in [0.5, 0.6) is 0 Å². The molecule has 1 saturated carbocycles. The third kappa shape index (κ3) is 25.6. The van der Waals surface area contributed by atoms with E-state index in [0.29, 0.717) is 12.8 Å². The van der Waals surface area contributed by atoms with E-state index in [1.165, 1.54) is 57.8 Å². The molecule has 328 valence electrons. The number of aliphatic hydroxyl groups is 5. The summed E-state index contributed by atoms with van der Waals surface area (Å²) in [6.07, 6.45) is 21.0. The lowest BCUT2D eigenvalue weighted by Crippen LogP contribution is -2.64. The maximum atomic E-state index is 12.8. The van der Waals surface area contributed by atoms with Crippen molar-refractivity contribution in [1.82, 2.24) is 0 Å². The van der Waals surface area contributed by atoms with E-state index in [-0.39, 0.29) is 12.8 Å². The Morgan fingerprint density at radius 2 is 0.929 bits per heavy atom. The van der Waals surface area contributed by atoms with E-state index < -0.39 is 75.7 Å². The molecular weight excluding hydrogens is 743 g/mol. The number of rotatable bonds is 35. The lowest BCUT2D eigenvalue weighted by Gasteiger charge is -2.41. The minimum atomic E-state index is -5.11. The third-order valence-corrected chi connectivity index (χ3v) is 11.0. The molecule has 0 aliphatic heterocycles. The van der Waals surface area contributed by atoms with E-state index in [4.69, 9.17) is 18.5 Å². The Morgan fingerprint density at radius 3 is 1.41 bits per heavy atom. The number of unbranched alkanes of at least 4 members (excludes halogenated alkanes) is 19. The minimum absolute atomic E-state index is 0.0865. The second kappa shape index (κ2) is 33.2. The van der Waals surface area contributed by atoms with E-state index in [0.717, 1.165) is 77.0 Å². The predicted molar refractivity (Wildman–Crippen MR) is 217 cm³/mol. The van der Waals surface area contributed by atoms with Crippen molar-refractivity contribution in [1.29, 1.82) is 0 Å². The molecule has 14 heteroatoms. The molecule has 0 bridgehead atoms. The molecule has 1 aliphatic carbocycles. The van der Waals surface area contributed by atoms with E-state index in [9.17, 15) is 44.6 Å².